The molecule has 1 amide bonds. The number of carbonyl (C=O) groups excluding carboxylic acids is 1. The quantitative estimate of drug-likeness (QED) is 0.422. The van der Waals surface area contributed by atoms with Crippen LogP contribution in [0.2, 0.25) is 5.02 Å². The number of nitrogens with zero attached hydrogens (tertiary/aromatic N) is 5. The van der Waals surface area contributed by atoms with E-state index in [9.17, 15) is 19.8 Å². The van der Waals surface area contributed by atoms with E-state index in [0.717, 1.165) is 6.07 Å². The minimum Gasteiger partial charge on any atom is -0.507 e. The van der Waals surface area contributed by atoms with E-state index in [1.165, 1.54) is 28.8 Å². The molecule has 0 saturated carbocycles. The molecule has 0 spiro atoms. The lowest BCUT2D eigenvalue weighted by Gasteiger charge is -2.18. The van der Waals surface area contributed by atoms with Gasteiger partial charge in [0.1, 0.15) is 11.5 Å². The van der Waals surface area contributed by atoms with Crippen LogP contribution in [0.1, 0.15) is 16.1 Å². The Kier molecular flexibility index (Phi) is 5.61. The smallest absolute Gasteiger partial charge is 0.348 e. The van der Waals surface area contributed by atoms with Gasteiger partial charge in [0.05, 0.1) is 34.1 Å². The van der Waals surface area contributed by atoms with Gasteiger partial charge in [0.2, 0.25) is 0 Å². The second-order valence-electron chi connectivity index (χ2n) is 6.90. The molecule has 0 aliphatic heterocycles. The molecule has 2 aromatic heterocycles. The average molecular weight is 453 g/mol. The first kappa shape index (κ1) is 21.1. The minimum absolute atomic E-state index is 0.0197. The predicted octanol–water partition coefficient (Wildman–Crippen LogP) is 2.35. The average Bonchev–Trinajstić information content (AvgIpc) is 3.15. The fraction of sp³-hybridized carbons (Fsp3) is 0.0952. The summed E-state index contributed by atoms with van der Waals surface area (Å²) in [6.45, 7) is 0.148. The van der Waals surface area contributed by atoms with Gasteiger partial charge in [-0.1, -0.05) is 23.7 Å². The topological polar surface area (TPSA) is 137 Å². The molecule has 32 heavy (non-hydrogen) atoms. The highest BCUT2D eigenvalue weighted by molar-refractivity contribution is 6.32. The summed E-state index contributed by atoms with van der Waals surface area (Å²) in [5.74, 6) is -1.31. The molecular formula is C21H17ClN6O4. The Hall–Kier alpha value is -4.18. The second kappa shape index (κ2) is 8.52. The molecule has 2 heterocycles. The SMILES string of the molecule is CN(Cc1cccnn1)C(=O)c1cc(-c2n[nH]c(=O)n2-c2ccccc2Cl)c(O)cc1O. The molecule has 0 atom stereocenters. The number of H-pyrrole nitrogens is 1. The Morgan fingerprint density at radius 3 is 2.66 bits per heavy atom. The van der Waals surface area contributed by atoms with Crippen molar-refractivity contribution in [2.24, 2.45) is 0 Å². The van der Waals surface area contributed by atoms with E-state index in [1.807, 2.05) is 0 Å². The van der Waals surface area contributed by atoms with Crippen molar-refractivity contribution in [3.63, 3.8) is 0 Å². The summed E-state index contributed by atoms with van der Waals surface area (Å²) < 4.78 is 1.17. The number of phenols is 2. The number of hydrogen-bond acceptors (Lipinski definition) is 7. The maximum atomic E-state index is 13.0. The Morgan fingerprint density at radius 2 is 1.94 bits per heavy atom. The monoisotopic (exact) mass is 452 g/mol. The van der Waals surface area contributed by atoms with Crippen LogP contribution >= 0.6 is 11.6 Å². The molecule has 4 rings (SSSR count). The van der Waals surface area contributed by atoms with Crippen molar-refractivity contribution < 1.29 is 15.0 Å². The fourth-order valence-corrected chi connectivity index (χ4v) is 3.42. The molecule has 0 radical (unpaired) electrons. The molecule has 0 saturated heterocycles. The normalized spacial score (nSPS) is 10.8. The zero-order valence-corrected chi connectivity index (χ0v) is 17.5. The highest BCUT2D eigenvalue weighted by Gasteiger charge is 2.23. The predicted molar refractivity (Wildman–Crippen MR) is 116 cm³/mol. The van der Waals surface area contributed by atoms with Gasteiger partial charge >= 0.3 is 5.69 Å². The minimum atomic E-state index is -0.590. The number of rotatable bonds is 5. The Morgan fingerprint density at radius 1 is 1.16 bits per heavy atom. The molecule has 162 valence electrons. The van der Waals surface area contributed by atoms with E-state index in [-0.39, 0.29) is 34.3 Å². The van der Waals surface area contributed by atoms with Gasteiger partial charge in [0, 0.05) is 19.3 Å². The number of aromatic nitrogens is 5. The van der Waals surface area contributed by atoms with Gasteiger partial charge in [-0.05, 0) is 30.3 Å². The summed E-state index contributed by atoms with van der Waals surface area (Å²) in [5, 5.41) is 35.1. The molecular weight excluding hydrogens is 436 g/mol. The summed E-state index contributed by atoms with van der Waals surface area (Å²) in [6, 6.07) is 12.3. The third-order valence-corrected chi connectivity index (χ3v) is 5.04. The number of halogens is 1. The molecule has 0 aliphatic carbocycles. The molecule has 0 bridgehead atoms. The van der Waals surface area contributed by atoms with Crippen LogP contribution in [0.4, 0.5) is 0 Å². The van der Waals surface area contributed by atoms with Gasteiger partial charge in [0.25, 0.3) is 5.91 Å². The lowest BCUT2D eigenvalue weighted by Crippen LogP contribution is -2.27. The van der Waals surface area contributed by atoms with E-state index in [0.29, 0.717) is 11.4 Å². The number of amides is 1. The third kappa shape index (κ3) is 3.91. The Labute approximate surface area is 186 Å². The number of carbonyl (C=O) groups is 1. The molecule has 11 heteroatoms. The standard InChI is InChI=1S/C21H17ClN6O4/c1-27(11-12-5-4-8-23-24-12)20(31)14-9-13(17(29)10-18(14)30)19-25-26-21(32)28(19)16-7-3-2-6-15(16)22/h2-10,29-30H,11H2,1H3,(H,26,32). The van der Waals surface area contributed by atoms with Crippen LogP contribution < -0.4 is 5.69 Å². The van der Waals surface area contributed by atoms with Crippen LogP contribution in [0.25, 0.3) is 17.1 Å². The van der Waals surface area contributed by atoms with Crippen molar-refractivity contribution >= 4 is 17.5 Å². The summed E-state index contributed by atoms with van der Waals surface area (Å²) in [4.78, 5) is 26.8. The Balaban J connectivity index is 1.77. The van der Waals surface area contributed by atoms with Crippen molar-refractivity contribution in [2.75, 3.05) is 7.05 Å². The van der Waals surface area contributed by atoms with E-state index in [2.05, 4.69) is 20.4 Å². The lowest BCUT2D eigenvalue weighted by molar-refractivity contribution is 0.0780. The van der Waals surface area contributed by atoms with Crippen LogP contribution in [0.3, 0.4) is 0 Å². The number of aromatic amines is 1. The zero-order valence-electron chi connectivity index (χ0n) is 16.7. The van der Waals surface area contributed by atoms with Crippen molar-refractivity contribution in [3.05, 3.63) is 81.5 Å². The van der Waals surface area contributed by atoms with Crippen molar-refractivity contribution in [2.45, 2.75) is 6.54 Å². The summed E-state index contributed by atoms with van der Waals surface area (Å²) in [5.41, 5.74) is 0.264. The van der Waals surface area contributed by atoms with Crippen LogP contribution in [-0.2, 0) is 6.54 Å². The number of nitrogens with one attached hydrogen (secondary N) is 1. The molecule has 10 nitrogen and oxygen atoms in total. The van der Waals surface area contributed by atoms with E-state index in [1.54, 1.807) is 36.4 Å². The summed E-state index contributed by atoms with van der Waals surface area (Å²) in [6.07, 6.45) is 1.52. The third-order valence-electron chi connectivity index (χ3n) is 4.72. The highest BCUT2D eigenvalue weighted by Crippen LogP contribution is 2.35. The number of aromatic hydroxyl groups is 2. The van der Waals surface area contributed by atoms with E-state index >= 15 is 0 Å². The van der Waals surface area contributed by atoms with Gasteiger partial charge < -0.3 is 15.1 Å². The highest BCUT2D eigenvalue weighted by atomic mass is 35.5. The van der Waals surface area contributed by atoms with Gasteiger partial charge in [-0.3, -0.25) is 4.79 Å². The van der Waals surface area contributed by atoms with E-state index < -0.39 is 17.3 Å². The zero-order chi connectivity index (χ0) is 22.8. The van der Waals surface area contributed by atoms with Gasteiger partial charge in [-0.25, -0.2) is 14.5 Å². The largest absolute Gasteiger partial charge is 0.507 e. The first-order valence-electron chi connectivity index (χ1n) is 9.37. The maximum absolute atomic E-state index is 13.0. The van der Waals surface area contributed by atoms with Crippen LogP contribution in [-0.4, -0.2) is 53.0 Å². The van der Waals surface area contributed by atoms with Crippen molar-refractivity contribution in [1.29, 1.82) is 0 Å². The second-order valence-corrected chi connectivity index (χ2v) is 7.31. The lowest BCUT2D eigenvalue weighted by atomic mass is 10.1. The number of para-hydroxylation sites is 1. The molecule has 0 unspecified atom stereocenters. The fourth-order valence-electron chi connectivity index (χ4n) is 3.20. The van der Waals surface area contributed by atoms with Crippen molar-refractivity contribution in [3.8, 4) is 28.6 Å². The molecule has 0 fully saturated rings. The van der Waals surface area contributed by atoms with Gasteiger partial charge in [-0.2, -0.15) is 15.3 Å². The Bertz CT molecular complexity index is 1350. The molecule has 4 aromatic rings. The number of benzene rings is 2. The molecule has 2 aromatic carbocycles. The molecule has 3 N–H and O–H groups in total. The molecule has 0 aliphatic rings. The van der Waals surface area contributed by atoms with Crippen molar-refractivity contribution in [1.82, 2.24) is 29.9 Å². The van der Waals surface area contributed by atoms with Gasteiger partial charge in [-0.15, -0.1) is 0 Å². The summed E-state index contributed by atoms with van der Waals surface area (Å²) in [7, 11) is 1.54. The van der Waals surface area contributed by atoms with Crippen LogP contribution in [0.5, 0.6) is 11.5 Å². The number of phenolic OH excluding ortho intramolecular Hbond substituents is 2. The van der Waals surface area contributed by atoms with E-state index in [4.69, 9.17) is 11.6 Å². The first-order chi connectivity index (χ1) is 15.4. The van der Waals surface area contributed by atoms with Crippen LogP contribution in [0.15, 0.2) is 59.5 Å². The summed E-state index contributed by atoms with van der Waals surface area (Å²) >= 11 is 6.24. The van der Waals surface area contributed by atoms with Crippen LogP contribution in [0, 0.1) is 0 Å². The maximum Gasteiger partial charge on any atom is 0.348 e. The number of hydrogen-bond donors (Lipinski definition) is 3. The van der Waals surface area contributed by atoms with Gasteiger partial charge in [0.15, 0.2) is 5.82 Å². The first-order valence-corrected chi connectivity index (χ1v) is 9.75.